The van der Waals surface area contributed by atoms with Crippen molar-refractivity contribution in [2.24, 2.45) is 0 Å². The van der Waals surface area contributed by atoms with Crippen LogP contribution in [0.15, 0.2) is 48.5 Å². The van der Waals surface area contributed by atoms with Crippen LogP contribution >= 0.6 is 0 Å². The van der Waals surface area contributed by atoms with Crippen molar-refractivity contribution < 1.29 is 147 Å². The van der Waals surface area contributed by atoms with E-state index >= 15 is 0 Å². The number of carbonyl (C=O) groups is 1. The fraction of sp³-hybridized carbons (Fsp3) is 0.457. The Morgan fingerprint density at radius 1 is 0.532 bits per heavy atom. The van der Waals surface area contributed by atoms with Gasteiger partial charge in [0.25, 0.3) is 11.7 Å². The molecule has 3 aromatic carbocycles. The number of thiol groups is 1. The number of ether oxygens (including phenoxy) is 3. The Kier molecular flexibility index (Phi) is 60.7. The van der Waals surface area contributed by atoms with Crippen LogP contribution in [0.25, 0.3) is 0 Å². The number of rotatable bonds is 6. The van der Waals surface area contributed by atoms with E-state index in [2.05, 4.69) is 32.9 Å². The van der Waals surface area contributed by atoms with Crippen molar-refractivity contribution in [3.8, 4) is 17.2 Å². The molecule has 0 aliphatic carbocycles. The maximum absolute atomic E-state index is 10.9. The van der Waals surface area contributed by atoms with Crippen LogP contribution in [-0.2, 0) is 34.5 Å². The molecule has 24 nitrogen and oxygen atoms in total. The molecule has 21 N–H and O–H groups in total. The van der Waals surface area contributed by atoms with Gasteiger partial charge in [0.05, 0.1) is 41.8 Å². The van der Waals surface area contributed by atoms with Crippen molar-refractivity contribution in [3.63, 3.8) is 0 Å². The first kappa shape index (κ1) is 93.4. The average molecular weight is 944 g/mol. The number of aliphatic carboxylic acids is 1. The SMILES string of the molecule is CC(=O)O.COc1c(N)cc(C(C)(C)C)cc1[N+](=O)[O-].COc1c([N+](=O)[O-])cc(C(C)(C)C)cc1[N+](=O)[O-].COc1ccc(C(C)(C)C)cc1.O.O.O.O.O.O.O.O.O.[Na+].[Na+].[SH-]. The van der Waals surface area contributed by atoms with Gasteiger partial charge in [0.15, 0.2) is 0 Å². The number of nitro groups is 3. The summed E-state index contributed by atoms with van der Waals surface area (Å²) in [5.41, 5.74) is 7.44. The molecule has 0 radical (unpaired) electrons. The number of hydrogen-bond donors (Lipinski definition) is 2. The Morgan fingerprint density at radius 3 is 0.984 bits per heavy atom. The summed E-state index contributed by atoms with van der Waals surface area (Å²) in [6.45, 7) is 19.1. The molecule has 3 rings (SSSR count). The molecular formula is C35H69N4Na2O20S+. The molecule has 0 spiro atoms. The normalized spacial score (nSPS) is 8.73. The molecule has 0 heterocycles. The van der Waals surface area contributed by atoms with E-state index in [0.717, 1.165) is 18.2 Å². The van der Waals surface area contributed by atoms with Crippen LogP contribution in [0.3, 0.4) is 0 Å². The summed E-state index contributed by atoms with van der Waals surface area (Å²) in [4.78, 5) is 39.9. The second-order valence-electron chi connectivity index (χ2n) is 13.9. The number of anilines is 1. The Hall–Kier alpha value is -3.48. The maximum atomic E-state index is 10.9. The first-order valence-corrected chi connectivity index (χ1v) is 15.2. The summed E-state index contributed by atoms with van der Waals surface area (Å²) >= 11 is 0. The van der Waals surface area contributed by atoms with Crippen molar-refractivity contribution in [1.29, 1.82) is 0 Å². The van der Waals surface area contributed by atoms with Crippen LogP contribution in [0.2, 0.25) is 0 Å². The average Bonchev–Trinajstić information content (AvgIpc) is 2.98. The molecular weight excluding hydrogens is 874 g/mol. The van der Waals surface area contributed by atoms with Crippen LogP contribution in [0.4, 0.5) is 22.7 Å². The maximum Gasteiger partial charge on any atom is 1.00 e. The molecule has 356 valence electrons. The molecule has 27 heteroatoms. The number of nitrogens with two attached hydrogens (primary N) is 1. The van der Waals surface area contributed by atoms with E-state index in [4.69, 9.17) is 29.8 Å². The van der Waals surface area contributed by atoms with Crippen molar-refractivity contribution >= 4 is 42.2 Å². The van der Waals surface area contributed by atoms with Crippen LogP contribution in [0, 0.1) is 30.3 Å². The molecule has 0 aliphatic heterocycles. The number of nitrogen functional groups attached to an aromatic ring is 1. The first-order chi connectivity index (χ1) is 22.7. The topological polar surface area (TPSA) is 504 Å². The smallest absolute Gasteiger partial charge is 0.813 e. The number of methoxy groups -OCH3 is 3. The van der Waals surface area contributed by atoms with Gasteiger partial charge in [-0.15, -0.1) is 0 Å². The van der Waals surface area contributed by atoms with E-state index in [0.29, 0.717) is 11.3 Å². The molecule has 0 saturated heterocycles. The molecule has 0 aromatic heterocycles. The number of nitrogens with zero attached hydrogens (tertiary/aromatic N) is 3. The summed E-state index contributed by atoms with van der Waals surface area (Å²) in [5, 5.41) is 40.2. The van der Waals surface area contributed by atoms with E-state index in [1.165, 1.54) is 38.0 Å². The molecule has 0 aliphatic rings. The molecule has 0 bridgehead atoms. The van der Waals surface area contributed by atoms with E-state index in [-0.39, 0.29) is 150 Å². The summed E-state index contributed by atoms with van der Waals surface area (Å²) < 4.78 is 14.8. The number of hydrogen-bond acceptors (Lipinski definition) is 12. The van der Waals surface area contributed by atoms with Gasteiger partial charge in [-0.1, -0.05) is 74.4 Å². The van der Waals surface area contributed by atoms with Crippen molar-refractivity contribution in [2.75, 3.05) is 27.1 Å². The van der Waals surface area contributed by atoms with Gasteiger partial charge in [-0.25, -0.2) is 0 Å². The minimum atomic E-state index is -0.833. The van der Waals surface area contributed by atoms with E-state index in [9.17, 15) is 30.3 Å². The second kappa shape index (κ2) is 40.3. The fourth-order valence-electron chi connectivity index (χ4n) is 4.03. The predicted octanol–water partition coefficient (Wildman–Crippen LogP) is -5.31. The summed E-state index contributed by atoms with van der Waals surface area (Å²) in [6, 6.07) is 14.1. The predicted molar refractivity (Wildman–Crippen MR) is 234 cm³/mol. The summed E-state index contributed by atoms with van der Waals surface area (Å²) in [7, 11) is 4.23. The quantitative estimate of drug-likeness (QED) is 0.0583. The van der Waals surface area contributed by atoms with Gasteiger partial charge in [0.2, 0.25) is 5.75 Å². The monoisotopic (exact) mass is 943 g/mol. The molecule has 62 heavy (non-hydrogen) atoms. The van der Waals surface area contributed by atoms with Crippen molar-refractivity contribution in [2.45, 2.75) is 85.5 Å². The molecule has 0 amide bonds. The number of carboxylic acids is 1. The van der Waals surface area contributed by atoms with Crippen LogP contribution in [-0.4, -0.2) is 96.5 Å². The molecule has 0 saturated carbocycles. The van der Waals surface area contributed by atoms with Gasteiger partial charge in [-0.2, -0.15) is 0 Å². The van der Waals surface area contributed by atoms with Gasteiger partial charge >= 0.3 is 76.2 Å². The molecule has 0 unspecified atom stereocenters. The number of nitro benzene ring substituents is 3. The van der Waals surface area contributed by atoms with Crippen LogP contribution < -0.4 is 79.1 Å². The number of benzene rings is 3. The van der Waals surface area contributed by atoms with Gasteiger partial charge < -0.3 is 87.8 Å². The fourth-order valence-corrected chi connectivity index (χ4v) is 4.03. The number of carboxylic acid groups (broad SMARTS) is 1. The second-order valence-corrected chi connectivity index (χ2v) is 13.9. The third-order valence-electron chi connectivity index (χ3n) is 6.83. The van der Waals surface area contributed by atoms with Gasteiger partial charge in [0.1, 0.15) is 5.75 Å². The Bertz CT molecular complexity index is 1630. The first-order valence-electron chi connectivity index (χ1n) is 15.2. The van der Waals surface area contributed by atoms with Gasteiger partial charge in [-0.05, 0) is 51.1 Å². The van der Waals surface area contributed by atoms with E-state index in [1.54, 1.807) is 13.2 Å². The minimum Gasteiger partial charge on any atom is -0.813 e. The Balaban J connectivity index is -0.0000000467. The zero-order valence-electron chi connectivity index (χ0n) is 38.0. The van der Waals surface area contributed by atoms with Crippen molar-refractivity contribution in [1.82, 2.24) is 0 Å². The third kappa shape index (κ3) is 31.4. The van der Waals surface area contributed by atoms with E-state index < -0.39 is 37.5 Å². The van der Waals surface area contributed by atoms with Crippen molar-refractivity contribution in [3.05, 3.63) is 95.6 Å². The third-order valence-corrected chi connectivity index (χ3v) is 6.83. The minimum absolute atomic E-state index is 0. The van der Waals surface area contributed by atoms with Crippen LogP contribution in [0.5, 0.6) is 17.2 Å². The summed E-state index contributed by atoms with van der Waals surface area (Å²) in [5.74, 6) is -0.112. The molecule has 0 atom stereocenters. The largest absolute Gasteiger partial charge is 1.00 e. The molecule has 0 fully saturated rings. The van der Waals surface area contributed by atoms with Crippen LogP contribution in [0.1, 0.15) is 85.9 Å². The molecule has 3 aromatic rings. The van der Waals surface area contributed by atoms with Gasteiger partial charge in [0, 0.05) is 25.1 Å². The van der Waals surface area contributed by atoms with Gasteiger partial charge in [-0.3, -0.25) is 35.1 Å². The Morgan fingerprint density at radius 2 is 0.774 bits per heavy atom. The zero-order chi connectivity index (χ0) is 39.4. The Labute approximate surface area is 412 Å². The van der Waals surface area contributed by atoms with E-state index in [1.807, 2.05) is 53.7 Å². The summed E-state index contributed by atoms with van der Waals surface area (Å²) in [6.07, 6.45) is 0. The zero-order valence-corrected chi connectivity index (χ0v) is 42.9. The standard InChI is InChI=1S/C11H14N2O5.C11H16N2O3.C11H16O.C2H4O2.2Na.9H2O.H2S/c1-11(2,3)7-5-8(12(14)15)10(18-4)9(6-7)13(16)17;1-11(2,3)7-5-8(12)10(16-4)9(6-7)13(14)15;1-11(2,3)9-5-7-10(12-4)8-6-9;1-2(3)4;;;;;;;;;;;;/h5-6H,1-4H3;5-6H,12H2,1-4H3;5-8H,1-4H3;1H3,(H,3,4);;;10*1H2/q;;;;2*+1;;;;;;;;;;/p-1.